The molecule has 0 N–H and O–H groups in total. The number of rotatable bonds is 6. The lowest BCUT2D eigenvalue weighted by molar-refractivity contribution is -0.139. The summed E-state index contributed by atoms with van der Waals surface area (Å²) in [5, 5.41) is 4.07. The van der Waals surface area contributed by atoms with Gasteiger partial charge in [0.15, 0.2) is 0 Å². The van der Waals surface area contributed by atoms with Crippen molar-refractivity contribution in [3.63, 3.8) is 0 Å². The van der Waals surface area contributed by atoms with Crippen LogP contribution in [-0.2, 0) is 23.1 Å². The third kappa shape index (κ3) is 3.61. The summed E-state index contributed by atoms with van der Waals surface area (Å²) in [4.78, 5) is 25.7. The van der Waals surface area contributed by atoms with Crippen molar-refractivity contribution in [1.82, 2.24) is 14.7 Å². The van der Waals surface area contributed by atoms with Crippen LogP contribution in [0.1, 0.15) is 12.0 Å². The largest absolute Gasteiger partial charge is 0.492 e. The Morgan fingerprint density at radius 1 is 1.38 bits per heavy atom. The number of benzene rings is 1. The van der Waals surface area contributed by atoms with Gasteiger partial charge in [0.05, 0.1) is 18.7 Å². The highest BCUT2D eigenvalue weighted by Crippen LogP contribution is 2.23. The minimum Gasteiger partial charge on any atom is -0.492 e. The van der Waals surface area contributed by atoms with Gasteiger partial charge >= 0.3 is 0 Å². The van der Waals surface area contributed by atoms with Gasteiger partial charge in [0.2, 0.25) is 11.8 Å². The van der Waals surface area contributed by atoms with E-state index in [1.165, 1.54) is 17.0 Å². The van der Waals surface area contributed by atoms with Crippen LogP contribution in [0.5, 0.6) is 5.75 Å². The molecule has 1 aliphatic heterocycles. The van der Waals surface area contributed by atoms with E-state index in [0.29, 0.717) is 12.2 Å². The summed E-state index contributed by atoms with van der Waals surface area (Å²) in [6, 6.07) is 5.75. The number of imide groups is 1. The van der Waals surface area contributed by atoms with Gasteiger partial charge in [-0.2, -0.15) is 5.10 Å². The number of aromatic nitrogens is 2. The highest BCUT2D eigenvalue weighted by Gasteiger charge is 2.38. The average molecular weight is 331 g/mol. The molecule has 0 aliphatic carbocycles. The zero-order valence-electron chi connectivity index (χ0n) is 13.3. The standard InChI is InChI=1S/C17H18FN3O3/c1-20-11-12(10-19-20)7-13-8-16(22)21(17(13)23)5-6-24-15-4-2-3-14(18)9-15/h2-4,9-11,13H,5-8H2,1H3. The fraction of sp³-hybridized carbons (Fsp3) is 0.353. The van der Waals surface area contributed by atoms with Crippen LogP contribution < -0.4 is 4.74 Å². The Hall–Kier alpha value is -2.70. The van der Waals surface area contributed by atoms with Crippen LogP contribution in [0.25, 0.3) is 0 Å². The van der Waals surface area contributed by atoms with Crippen molar-refractivity contribution < 1.29 is 18.7 Å². The van der Waals surface area contributed by atoms with Gasteiger partial charge in [-0.05, 0) is 24.1 Å². The zero-order valence-corrected chi connectivity index (χ0v) is 13.3. The molecule has 1 unspecified atom stereocenters. The van der Waals surface area contributed by atoms with E-state index in [-0.39, 0.29) is 37.3 Å². The maximum atomic E-state index is 13.1. The Morgan fingerprint density at radius 3 is 2.92 bits per heavy atom. The molecular formula is C17H18FN3O3. The van der Waals surface area contributed by atoms with E-state index in [4.69, 9.17) is 4.74 Å². The first kappa shape index (κ1) is 16.2. The Labute approximate surface area is 138 Å². The lowest BCUT2D eigenvalue weighted by Gasteiger charge is -2.15. The van der Waals surface area contributed by atoms with E-state index >= 15 is 0 Å². The van der Waals surface area contributed by atoms with E-state index in [9.17, 15) is 14.0 Å². The molecule has 1 atom stereocenters. The molecule has 126 valence electrons. The topological polar surface area (TPSA) is 64.4 Å². The fourth-order valence-corrected chi connectivity index (χ4v) is 2.82. The SMILES string of the molecule is Cn1cc(CC2CC(=O)N(CCOc3cccc(F)c3)C2=O)cn1. The molecule has 7 heteroatoms. The molecule has 6 nitrogen and oxygen atoms in total. The molecule has 0 radical (unpaired) electrons. The van der Waals surface area contributed by atoms with Crippen molar-refractivity contribution in [3.05, 3.63) is 48.0 Å². The van der Waals surface area contributed by atoms with Crippen LogP contribution >= 0.6 is 0 Å². The van der Waals surface area contributed by atoms with Crippen LogP contribution in [0.4, 0.5) is 4.39 Å². The summed E-state index contributed by atoms with van der Waals surface area (Å²) in [6.07, 6.45) is 4.24. The second kappa shape index (κ2) is 6.82. The van der Waals surface area contributed by atoms with Gasteiger partial charge < -0.3 is 4.74 Å². The maximum Gasteiger partial charge on any atom is 0.233 e. The molecule has 24 heavy (non-hydrogen) atoms. The molecule has 2 aromatic rings. The number of nitrogens with zero attached hydrogens (tertiary/aromatic N) is 3. The molecule has 1 aliphatic rings. The first-order valence-electron chi connectivity index (χ1n) is 7.73. The van der Waals surface area contributed by atoms with Crippen LogP contribution in [0.2, 0.25) is 0 Å². The lowest BCUT2D eigenvalue weighted by Crippen LogP contribution is -2.34. The molecule has 2 amide bonds. The number of likely N-dealkylation sites (tertiary alicyclic amines) is 1. The van der Waals surface area contributed by atoms with Gasteiger partial charge in [0.25, 0.3) is 0 Å². The van der Waals surface area contributed by atoms with Gasteiger partial charge in [-0.15, -0.1) is 0 Å². The van der Waals surface area contributed by atoms with Gasteiger partial charge in [-0.3, -0.25) is 19.2 Å². The van der Waals surface area contributed by atoms with Crippen molar-refractivity contribution in [1.29, 1.82) is 0 Å². The highest BCUT2D eigenvalue weighted by atomic mass is 19.1. The summed E-state index contributed by atoms with van der Waals surface area (Å²) in [5.74, 6) is -0.752. The predicted molar refractivity (Wildman–Crippen MR) is 83.6 cm³/mol. The quantitative estimate of drug-likeness (QED) is 0.754. The number of amides is 2. The number of aryl methyl sites for hydroxylation is 1. The Bertz CT molecular complexity index is 759. The number of ether oxygens (including phenoxy) is 1. The molecular weight excluding hydrogens is 313 g/mol. The van der Waals surface area contributed by atoms with Crippen molar-refractivity contribution in [2.24, 2.45) is 13.0 Å². The molecule has 1 fully saturated rings. The van der Waals surface area contributed by atoms with E-state index in [1.807, 2.05) is 6.20 Å². The van der Waals surface area contributed by atoms with Crippen molar-refractivity contribution in [2.45, 2.75) is 12.8 Å². The zero-order chi connectivity index (χ0) is 17.1. The van der Waals surface area contributed by atoms with Crippen molar-refractivity contribution in [2.75, 3.05) is 13.2 Å². The number of carbonyl (C=O) groups is 2. The first-order chi connectivity index (χ1) is 11.5. The van der Waals surface area contributed by atoms with Crippen molar-refractivity contribution in [3.8, 4) is 5.75 Å². The highest BCUT2D eigenvalue weighted by molar-refractivity contribution is 6.03. The molecule has 2 heterocycles. The van der Waals surface area contributed by atoms with Gasteiger partial charge in [-0.25, -0.2) is 4.39 Å². The molecule has 0 bridgehead atoms. The van der Waals surface area contributed by atoms with Gasteiger partial charge in [0.1, 0.15) is 18.2 Å². The number of carbonyl (C=O) groups excluding carboxylic acids is 2. The van der Waals surface area contributed by atoms with Crippen LogP contribution in [0.3, 0.4) is 0 Å². The van der Waals surface area contributed by atoms with Gasteiger partial charge in [-0.1, -0.05) is 6.07 Å². The molecule has 1 aromatic heterocycles. The first-order valence-corrected chi connectivity index (χ1v) is 7.73. The molecule has 3 rings (SSSR count). The summed E-state index contributed by atoms with van der Waals surface area (Å²) in [5.41, 5.74) is 0.932. The van der Waals surface area contributed by atoms with Gasteiger partial charge in [0, 0.05) is 25.7 Å². The predicted octanol–water partition coefficient (Wildman–Crippen LogP) is 1.56. The monoisotopic (exact) mass is 331 g/mol. The Morgan fingerprint density at radius 2 is 2.21 bits per heavy atom. The van der Waals surface area contributed by atoms with Crippen LogP contribution in [0.15, 0.2) is 36.7 Å². The normalized spacial score (nSPS) is 17.6. The van der Waals surface area contributed by atoms with E-state index in [1.54, 1.807) is 30.1 Å². The van der Waals surface area contributed by atoms with Crippen LogP contribution in [-0.4, -0.2) is 39.6 Å². The van der Waals surface area contributed by atoms with Crippen molar-refractivity contribution >= 4 is 11.8 Å². The minimum absolute atomic E-state index is 0.139. The second-order valence-corrected chi connectivity index (χ2v) is 5.82. The van der Waals surface area contributed by atoms with E-state index < -0.39 is 5.82 Å². The number of hydrogen-bond donors (Lipinski definition) is 0. The third-order valence-corrected chi connectivity index (χ3v) is 3.96. The summed E-state index contributed by atoms with van der Waals surface area (Å²) in [7, 11) is 1.81. The average Bonchev–Trinajstić information content (AvgIpc) is 3.05. The number of hydrogen-bond acceptors (Lipinski definition) is 4. The lowest BCUT2D eigenvalue weighted by atomic mass is 10.0. The summed E-state index contributed by atoms with van der Waals surface area (Å²) < 4.78 is 20.1. The van der Waals surface area contributed by atoms with E-state index in [2.05, 4.69) is 5.10 Å². The fourth-order valence-electron chi connectivity index (χ4n) is 2.82. The smallest absolute Gasteiger partial charge is 0.233 e. The van der Waals surface area contributed by atoms with E-state index in [0.717, 1.165) is 5.56 Å². The number of halogens is 1. The minimum atomic E-state index is -0.391. The molecule has 0 spiro atoms. The van der Waals surface area contributed by atoms with Crippen LogP contribution in [0, 0.1) is 11.7 Å². The maximum absolute atomic E-state index is 13.1. The summed E-state index contributed by atoms with van der Waals surface area (Å²) >= 11 is 0. The Balaban J connectivity index is 1.54. The molecule has 1 saturated heterocycles. The Kier molecular flexibility index (Phi) is 4.59. The summed E-state index contributed by atoms with van der Waals surface area (Å²) in [6.45, 7) is 0.304. The third-order valence-electron chi connectivity index (χ3n) is 3.96. The molecule has 0 saturated carbocycles. The molecule has 1 aromatic carbocycles. The second-order valence-electron chi connectivity index (χ2n) is 5.82.